The highest BCUT2D eigenvalue weighted by atomic mass is 16.6. The fraction of sp³-hybridized carbons (Fsp3) is 0.706. The molecule has 0 aromatic rings. The van der Waals surface area contributed by atoms with Gasteiger partial charge in [-0.3, -0.25) is 24.6 Å². The number of carboxylic acid groups (broad SMARTS) is 1. The van der Waals surface area contributed by atoms with Crippen LogP contribution in [-0.2, 0) is 28.7 Å². The summed E-state index contributed by atoms with van der Waals surface area (Å²) < 4.78 is 10.3. The van der Waals surface area contributed by atoms with Crippen LogP contribution in [0.4, 0.5) is 4.79 Å². The second kappa shape index (κ2) is 7.93. The number of carboxylic acids is 1. The molecule has 0 aromatic heterocycles. The number of nitrogens with one attached hydrogen (secondary N) is 1. The van der Waals surface area contributed by atoms with Crippen LogP contribution in [0.5, 0.6) is 0 Å². The van der Waals surface area contributed by atoms with Gasteiger partial charge >= 0.3 is 18.0 Å². The average Bonchev–Trinajstić information content (AvgIpc) is 2.71. The van der Waals surface area contributed by atoms with Crippen LogP contribution in [0, 0.1) is 0 Å². The summed E-state index contributed by atoms with van der Waals surface area (Å²) in [6.45, 7) is 9.70. The Hall–Kier alpha value is -2.65. The molecule has 0 spiro atoms. The first kappa shape index (κ1) is 22.4. The van der Waals surface area contributed by atoms with Gasteiger partial charge in [-0.1, -0.05) is 0 Å². The lowest BCUT2D eigenvalue weighted by molar-refractivity contribution is -0.163. The topological polar surface area (TPSA) is 139 Å². The summed E-state index contributed by atoms with van der Waals surface area (Å²) in [5.41, 5.74) is -1.87. The highest BCUT2D eigenvalue weighted by Crippen LogP contribution is 2.25. The van der Waals surface area contributed by atoms with Gasteiger partial charge in [0.25, 0.3) is 5.91 Å². The predicted octanol–water partition coefficient (Wildman–Crippen LogP) is 0.824. The van der Waals surface area contributed by atoms with E-state index >= 15 is 0 Å². The highest BCUT2D eigenvalue weighted by Gasteiger charge is 2.44. The van der Waals surface area contributed by atoms with E-state index in [1.165, 1.54) is 0 Å². The first-order chi connectivity index (χ1) is 12.1. The molecule has 0 saturated carbocycles. The van der Waals surface area contributed by atoms with Crippen molar-refractivity contribution in [2.75, 3.05) is 0 Å². The Morgan fingerprint density at radius 1 is 1.19 bits per heavy atom. The standard InChI is InChI=1S/C17H26N2O8/c1-16(2,3)19(15(25)27-17(4,5)6)9(7-12(21)22)14(24)26-10-8-11(20)18-13(10)23/h9-10H,7-8H2,1-6H3,(H,21,22)(H,18,20,23)/t9-,10-/m0/s1. The summed E-state index contributed by atoms with van der Waals surface area (Å²) in [6.07, 6.45) is -3.36. The zero-order valence-corrected chi connectivity index (χ0v) is 16.3. The van der Waals surface area contributed by atoms with Crippen molar-refractivity contribution >= 4 is 29.8 Å². The zero-order valence-electron chi connectivity index (χ0n) is 16.3. The molecular formula is C17H26N2O8. The molecule has 10 heteroatoms. The number of hydrogen-bond donors (Lipinski definition) is 2. The van der Waals surface area contributed by atoms with E-state index in [4.69, 9.17) is 9.47 Å². The van der Waals surface area contributed by atoms with Crippen molar-refractivity contribution in [1.82, 2.24) is 10.2 Å². The maximum absolute atomic E-state index is 12.7. The Morgan fingerprint density at radius 3 is 2.11 bits per heavy atom. The van der Waals surface area contributed by atoms with Crippen molar-refractivity contribution in [3.8, 4) is 0 Å². The lowest BCUT2D eigenvalue weighted by atomic mass is 10.0. The van der Waals surface area contributed by atoms with E-state index in [2.05, 4.69) is 0 Å². The molecule has 1 heterocycles. The fourth-order valence-corrected chi connectivity index (χ4v) is 2.47. The first-order valence-corrected chi connectivity index (χ1v) is 8.40. The molecule has 0 radical (unpaired) electrons. The molecule has 0 aliphatic carbocycles. The molecule has 0 bridgehead atoms. The molecule has 2 atom stereocenters. The van der Waals surface area contributed by atoms with Gasteiger partial charge in [0, 0.05) is 5.54 Å². The number of ether oxygens (including phenoxy) is 2. The van der Waals surface area contributed by atoms with E-state index < -0.39 is 59.6 Å². The summed E-state index contributed by atoms with van der Waals surface area (Å²) in [4.78, 5) is 60.4. The van der Waals surface area contributed by atoms with Crippen molar-refractivity contribution in [2.45, 2.75) is 77.7 Å². The number of esters is 1. The zero-order chi connectivity index (χ0) is 21.2. The third-order valence-electron chi connectivity index (χ3n) is 3.45. The molecule has 1 fully saturated rings. The number of carbonyl (C=O) groups is 5. The van der Waals surface area contributed by atoms with Crippen LogP contribution in [0.15, 0.2) is 0 Å². The Kier molecular flexibility index (Phi) is 6.58. The fourth-order valence-electron chi connectivity index (χ4n) is 2.47. The number of imide groups is 1. The third kappa shape index (κ3) is 6.54. The predicted molar refractivity (Wildman–Crippen MR) is 91.5 cm³/mol. The van der Waals surface area contributed by atoms with E-state index in [-0.39, 0.29) is 6.42 Å². The molecule has 1 aliphatic rings. The first-order valence-electron chi connectivity index (χ1n) is 8.40. The van der Waals surface area contributed by atoms with Crippen molar-refractivity contribution in [3.05, 3.63) is 0 Å². The minimum atomic E-state index is -1.54. The van der Waals surface area contributed by atoms with Gasteiger partial charge in [0.05, 0.1) is 12.8 Å². The number of amides is 3. The van der Waals surface area contributed by atoms with Crippen LogP contribution in [0.2, 0.25) is 0 Å². The summed E-state index contributed by atoms with van der Waals surface area (Å²) in [7, 11) is 0. The molecule has 0 unspecified atom stereocenters. The normalized spacial score (nSPS) is 18.5. The van der Waals surface area contributed by atoms with Crippen LogP contribution in [-0.4, -0.2) is 63.1 Å². The lowest BCUT2D eigenvalue weighted by Gasteiger charge is -2.40. The van der Waals surface area contributed by atoms with Gasteiger partial charge in [0.2, 0.25) is 5.91 Å². The number of nitrogens with zero attached hydrogens (tertiary/aromatic N) is 1. The van der Waals surface area contributed by atoms with Gasteiger partial charge in [0.15, 0.2) is 6.10 Å². The maximum Gasteiger partial charge on any atom is 0.411 e. The SMILES string of the molecule is CC(C)(C)OC(=O)N([C@@H](CC(=O)O)C(=O)O[C@H]1CC(=O)NC1=O)C(C)(C)C. The summed E-state index contributed by atoms with van der Waals surface area (Å²) in [5.74, 6) is -3.84. The molecule has 152 valence electrons. The number of rotatable bonds is 5. The Morgan fingerprint density at radius 2 is 1.74 bits per heavy atom. The number of hydrogen-bond acceptors (Lipinski definition) is 7. The Bertz CT molecular complexity index is 644. The largest absolute Gasteiger partial charge is 0.481 e. The van der Waals surface area contributed by atoms with Crippen LogP contribution >= 0.6 is 0 Å². The van der Waals surface area contributed by atoms with E-state index in [1.54, 1.807) is 41.5 Å². The summed E-state index contributed by atoms with van der Waals surface area (Å²) in [6, 6.07) is -1.54. The van der Waals surface area contributed by atoms with Gasteiger partial charge in [-0.2, -0.15) is 0 Å². The Balaban J connectivity index is 3.16. The minimum absolute atomic E-state index is 0.355. The highest BCUT2D eigenvalue weighted by molar-refractivity contribution is 6.05. The van der Waals surface area contributed by atoms with Gasteiger partial charge in [0.1, 0.15) is 11.6 Å². The summed E-state index contributed by atoms with van der Waals surface area (Å²) in [5, 5.41) is 11.2. The van der Waals surface area contributed by atoms with Gasteiger partial charge in [-0.25, -0.2) is 9.59 Å². The van der Waals surface area contributed by atoms with Crippen LogP contribution < -0.4 is 5.32 Å². The van der Waals surface area contributed by atoms with E-state index in [1.807, 2.05) is 5.32 Å². The quantitative estimate of drug-likeness (QED) is 0.523. The lowest BCUT2D eigenvalue weighted by Crippen LogP contribution is -2.57. The number of aliphatic carboxylic acids is 1. The minimum Gasteiger partial charge on any atom is -0.481 e. The third-order valence-corrected chi connectivity index (χ3v) is 3.45. The maximum atomic E-state index is 12.7. The molecule has 0 aromatic carbocycles. The average molecular weight is 386 g/mol. The van der Waals surface area contributed by atoms with Crippen LogP contribution in [0.1, 0.15) is 54.4 Å². The molecular weight excluding hydrogens is 360 g/mol. The van der Waals surface area contributed by atoms with Crippen molar-refractivity contribution in [1.29, 1.82) is 0 Å². The molecule has 1 aliphatic heterocycles. The second-order valence-corrected chi connectivity index (χ2v) is 8.18. The van der Waals surface area contributed by atoms with Gasteiger partial charge in [-0.05, 0) is 41.5 Å². The summed E-state index contributed by atoms with van der Waals surface area (Å²) >= 11 is 0. The molecule has 1 saturated heterocycles. The second-order valence-electron chi connectivity index (χ2n) is 8.18. The monoisotopic (exact) mass is 386 g/mol. The van der Waals surface area contributed by atoms with Crippen molar-refractivity contribution < 1.29 is 38.6 Å². The van der Waals surface area contributed by atoms with Crippen LogP contribution in [0.25, 0.3) is 0 Å². The van der Waals surface area contributed by atoms with Gasteiger partial charge in [-0.15, -0.1) is 0 Å². The van der Waals surface area contributed by atoms with Crippen molar-refractivity contribution in [2.24, 2.45) is 0 Å². The van der Waals surface area contributed by atoms with Crippen LogP contribution in [0.3, 0.4) is 0 Å². The molecule has 3 amide bonds. The molecule has 1 rings (SSSR count). The number of carbonyl (C=O) groups excluding carboxylic acids is 4. The van der Waals surface area contributed by atoms with Gasteiger partial charge < -0.3 is 14.6 Å². The molecule has 27 heavy (non-hydrogen) atoms. The molecule has 2 N–H and O–H groups in total. The van der Waals surface area contributed by atoms with E-state index in [9.17, 15) is 29.1 Å². The van der Waals surface area contributed by atoms with Crippen molar-refractivity contribution in [3.63, 3.8) is 0 Å². The Labute approximate surface area is 157 Å². The van der Waals surface area contributed by atoms with E-state index in [0.29, 0.717) is 0 Å². The molecule has 10 nitrogen and oxygen atoms in total. The van der Waals surface area contributed by atoms with E-state index in [0.717, 1.165) is 4.90 Å². The smallest absolute Gasteiger partial charge is 0.411 e.